The van der Waals surface area contributed by atoms with Crippen molar-refractivity contribution in [2.45, 2.75) is 19.0 Å². The van der Waals surface area contributed by atoms with Gasteiger partial charge in [0.2, 0.25) is 0 Å². The molecule has 1 aliphatic heterocycles. The number of quaternary nitrogens is 1. The number of carbonyl (C=O) groups excluding carboxylic acids is 2. The molecule has 6 heteroatoms. The van der Waals surface area contributed by atoms with E-state index in [1.54, 1.807) is 4.90 Å². The molecule has 0 spiro atoms. The van der Waals surface area contributed by atoms with Gasteiger partial charge in [0.1, 0.15) is 0 Å². The van der Waals surface area contributed by atoms with Gasteiger partial charge in [0.25, 0.3) is 5.91 Å². The van der Waals surface area contributed by atoms with Gasteiger partial charge in [0, 0.05) is 39.1 Å². The van der Waals surface area contributed by atoms with Gasteiger partial charge in [0.15, 0.2) is 6.04 Å². The summed E-state index contributed by atoms with van der Waals surface area (Å²) in [6.45, 7) is 2.71. The molecule has 0 unspecified atom stereocenters. The Labute approximate surface area is 159 Å². The Balaban J connectivity index is 1.43. The fourth-order valence-corrected chi connectivity index (χ4v) is 3.26. The van der Waals surface area contributed by atoms with Crippen LogP contribution < -0.4 is 11.1 Å². The number of rotatable bonds is 5. The minimum Gasteiger partial charge on any atom is -0.347 e. The zero-order valence-electron chi connectivity index (χ0n) is 15.5. The molecule has 0 bridgehead atoms. The molecule has 3 amide bonds. The minimum absolute atomic E-state index is 0.0585. The first kappa shape index (κ1) is 18.9. The monoisotopic (exact) mass is 367 g/mol. The van der Waals surface area contributed by atoms with Gasteiger partial charge in [-0.3, -0.25) is 4.79 Å². The molecule has 3 rings (SSSR count). The van der Waals surface area contributed by atoms with Gasteiger partial charge in [0.05, 0.1) is 0 Å². The van der Waals surface area contributed by atoms with Gasteiger partial charge in [-0.2, -0.15) is 0 Å². The number of benzene rings is 2. The molecule has 0 saturated carbocycles. The molecule has 1 aliphatic rings. The predicted molar refractivity (Wildman–Crippen MR) is 104 cm³/mol. The second-order valence-electron chi connectivity index (χ2n) is 6.84. The summed E-state index contributed by atoms with van der Waals surface area (Å²) < 4.78 is 0. The second kappa shape index (κ2) is 9.19. The lowest BCUT2D eigenvalue weighted by molar-refractivity contribution is -0.405. The standard InChI is InChI=1S/C21H26N4O2/c22-19(15-17-7-3-1-4-8-17)20(26)24-11-13-25(14-12-24)21(27)23-16-18-9-5-2-6-10-18/h1-10,19H,11-16,22H2,(H,23,27)/p+1/t19-/m1/s1. The summed E-state index contributed by atoms with van der Waals surface area (Å²) in [7, 11) is 0. The van der Waals surface area contributed by atoms with E-state index in [2.05, 4.69) is 11.1 Å². The first-order chi connectivity index (χ1) is 13.1. The summed E-state index contributed by atoms with van der Waals surface area (Å²) in [5.41, 5.74) is 6.23. The average Bonchev–Trinajstić information content (AvgIpc) is 2.73. The molecular formula is C21H27N4O2+. The molecule has 0 aromatic heterocycles. The first-order valence-corrected chi connectivity index (χ1v) is 9.36. The van der Waals surface area contributed by atoms with Crippen LogP contribution >= 0.6 is 0 Å². The Morgan fingerprint density at radius 1 is 0.852 bits per heavy atom. The molecule has 1 saturated heterocycles. The SMILES string of the molecule is [NH3+][C@H](Cc1ccccc1)C(=O)N1CCN(C(=O)NCc2ccccc2)CC1. The summed E-state index contributed by atoms with van der Waals surface area (Å²) in [6.07, 6.45) is 0.636. The smallest absolute Gasteiger partial charge is 0.317 e. The molecular weight excluding hydrogens is 340 g/mol. The minimum atomic E-state index is -0.300. The maximum atomic E-state index is 12.6. The third-order valence-corrected chi connectivity index (χ3v) is 4.84. The van der Waals surface area contributed by atoms with Crippen LogP contribution in [0.25, 0.3) is 0 Å². The highest BCUT2D eigenvalue weighted by molar-refractivity contribution is 5.81. The molecule has 1 heterocycles. The van der Waals surface area contributed by atoms with Crippen molar-refractivity contribution in [1.29, 1.82) is 0 Å². The van der Waals surface area contributed by atoms with E-state index in [0.29, 0.717) is 39.1 Å². The van der Waals surface area contributed by atoms with Crippen LogP contribution in [0.4, 0.5) is 4.79 Å². The summed E-state index contributed by atoms with van der Waals surface area (Å²) >= 11 is 0. The van der Waals surface area contributed by atoms with E-state index < -0.39 is 0 Å². The van der Waals surface area contributed by atoms with Gasteiger partial charge in [-0.1, -0.05) is 60.7 Å². The van der Waals surface area contributed by atoms with E-state index in [4.69, 9.17) is 0 Å². The number of piperazine rings is 1. The zero-order chi connectivity index (χ0) is 19.1. The highest BCUT2D eigenvalue weighted by Crippen LogP contribution is 2.07. The van der Waals surface area contributed by atoms with Crippen LogP contribution in [0.1, 0.15) is 11.1 Å². The van der Waals surface area contributed by atoms with E-state index >= 15 is 0 Å². The van der Waals surface area contributed by atoms with Crippen LogP contribution in [-0.2, 0) is 17.8 Å². The van der Waals surface area contributed by atoms with Crippen LogP contribution in [0.5, 0.6) is 0 Å². The summed E-state index contributed by atoms with van der Waals surface area (Å²) in [4.78, 5) is 28.5. The van der Waals surface area contributed by atoms with Crippen molar-refractivity contribution < 1.29 is 15.3 Å². The van der Waals surface area contributed by atoms with Crippen LogP contribution in [0.15, 0.2) is 60.7 Å². The van der Waals surface area contributed by atoms with E-state index in [9.17, 15) is 9.59 Å². The van der Waals surface area contributed by atoms with Gasteiger partial charge < -0.3 is 20.9 Å². The number of hydrogen-bond donors (Lipinski definition) is 2. The fraction of sp³-hybridized carbons (Fsp3) is 0.333. The second-order valence-corrected chi connectivity index (χ2v) is 6.84. The third kappa shape index (κ3) is 5.31. The lowest BCUT2D eigenvalue weighted by Gasteiger charge is -2.35. The van der Waals surface area contributed by atoms with E-state index in [1.165, 1.54) is 0 Å². The highest BCUT2D eigenvalue weighted by Gasteiger charge is 2.29. The average molecular weight is 367 g/mol. The Kier molecular flexibility index (Phi) is 6.44. The predicted octanol–water partition coefficient (Wildman–Crippen LogP) is 0.894. The van der Waals surface area contributed by atoms with Gasteiger partial charge in [-0.05, 0) is 11.1 Å². The van der Waals surface area contributed by atoms with Crippen molar-refractivity contribution in [1.82, 2.24) is 15.1 Å². The third-order valence-electron chi connectivity index (χ3n) is 4.84. The maximum absolute atomic E-state index is 12.6. The lowest BCUT2D eigenvalue weighted by Crippen LogP contribution is -2.70. The number of carbonyl (C=O) groups is 2. The van der Waals surface area contributed by atoms with Crippen molar-refractivity contribution in [3.8, 4) is 0 Å². The van der Waals surface area contributed by atoms with Crippen LogP contribution in [0, 0.1) is 0 Å². The first-order valence-electron chi connectivity index (χ1n) is 9.36. The normalized spacial score (nSPS) is 15.3. The fourth-order valence-electron chi connectivity index (χ4n) is 3.26. The number of urea groups is 1. The Bertz CT molecular complexity index is 743. The summed E-state index contributed by atoms with van der Waals surface area (Å²) in [6, 6.07) is 19.4. The molecule has 2 aromatic carbocycles. The quantitative estimate of drug-likeness (QED) is 0.823. The molecule has 4 N–H and O–H groups in total. The summed E-state index contributed by atoms with van der Waals surface area (Å²) in [5, 5.41) is 2.94. The van der Waals surface area contributed by atoms with E-state index in [0.717, 1.165) is 11.1 Å². The number of nitrogens with one attached hydrogen (secondary N) is 1. The van der Waals surface area contributed by atoms with Gasteiger partial charge in [-0.25, -0.2) is 4.79 Å². The number of amides is 3. The summed E-state index contributed by atoms with van der Waals surface area (Å²) in [5.74, 6) is 0.0585. The van der Waals surface area contributed by atoms with E-state index in [-0.39, 0.29) is 18.0 Å². The van der Waals surface area contributed by atoms with Crippen LogP contribution in [-0.4, -0.2) is 54.0 Å². The molecule has 27 heavy (non-hydrogen) atoms. The molecule has 0 aliphatic carbocycles. The molecule has 1 fully saturated rings. The van der Waals surface area contributed by atoms with Crippen molar-refractivity contribution in [3.63, 3.8) is 0 Å². The molecule has 2 aromatic rings. The Hall–Kier alpha value is -2.86. The molecule has 142 valence electrons. The van der Waals surface area contributed by atoms with Crippen molar-refractivity contribution in [3.05, 3.63) is 71.8 Å². The highest BCUT2D eigenvalue weighted by atomic mass is 16.2. The maximum Gasteiger partial charge on any atom is 0.317 e. The van der Waals surface area contributed by atoms with Crippen LogP contribution in [0.2, 0.25) is 0 Å². The topological polar surface area (TPSA) is 80.3 Å². The van der Waals surface area contributed by atoms with Gasteiger partial charge >= 0.3 is 6.03 Å². The van der Waals surface area contributed by atoms with Crippen molar-refractivity contribution in [2.24, 2.45) is 0 Å². The Morgan fingerprint density at radius 3 is 1.96 bits per heavy atom. The van der Waals surface area contributed by atoms with Crippen molar-refractivity contribution >= 4 is 11.9 Å². The Morgan fingerprint density at radius 2 is 1.37 bits per heavy atom. The number of nitrogens with zero attached hydrogens (tertiary/aromatic N) is 2. The molecule has 1 atom stereocenters. The van der Waals surface area contributed by atoms with Gasteiger partial charge in [-0.15, -0.1) is 0 Å². The molecule has 6 nitrogen and oxygen atoms in total. The number of hydrogen-bond acceptors (Lipinski definition) is 2. The largest absolute Gasteiger partial charge is 0.347 e. The zero-order valence-corrected chi connectivity index (χ0v) is 15.5. The van der Waals surface area contributed by atoms with Crippen molar-refractivity contribution in [2.75, 3.05) is 26.2 Å². The van der Waals surface area contributed by atoms with Crippen LogP contribution in [0.3, 0.4) is 0 Å². The molecule has 0 radical (unpaired) electrons. The lowest BCUT2D eigenvalue weighted by atomic mass is 10.1. The van der Waals surface area contributed by atoms with E-state index in [1.807, 2.05) is 65.6 Å².